The van der Waals surface area contributed by atoms with Crippen LogP contribution in [-0.2, 0) is 0 Å². The first-order valence-corrected chi connectivity index (χ1v) is 8.45. The first-order chi connectivity index (χ1) is 13.1. The largest absolute Gasteiger partial charge is 0.545 e. The minimum atomic E-state index is -1.56. The lowest BCUT2D eigenvalue weighted by Crippen LogP contribution is -2.35. The van der Waals surface area contributed by atoms with Crippen molar-refractivity contribution in [2.45, 2.75) is 0 Å². The van der Waals surface area contributed by atoms with E-state index in [0.717, 1.165) is 12.1 Å². The van der Waals surface area contributed by atoms with E-state index in [-0.39, 0.29) is 37.7 Å². The number of rotatable bonds is 5. The number of aromatic carboxylic acids is 1. The smallest absolute Gasteiger partial charge is 0.311 e. The van der Waals surface area contributed by atoms with E-state index in [9.17, 15) is 24.8 Å². The van der Waals surface area contributed by atoms with Crippen molar-refractivity contribution >= 4 is 63.8 Å². The number of anilines is 1. The SMILES string of the molecule is COc1ccc(C(=O)NC(=S)Nc2c(Cl)cc(Cl)cc2C(=O)[O-])cc1[N+](=O)[O-]. The number of halogens is 2. The number of nitro groups is 1. The summed E-state index contributed by atoms with van der Waals surface area (Å²) >= 11 is 16.7. The second-order valence-electron chi connectivity index (χ2n) is 5.15. The number of hydrogen-bond donors (Lipinski definition) is 2. The lowest BCUT2D eigenvalue weighted by molar-refractivity contribution is -0.385. The molecule has 0 heterocycles. The molecular weight excluding hydrogens is 433 g/mol. The zero-order chi connectivity index (χ0) is 21.0. The fourth-order valence-electron chi connectivity index (χ4n) is 2.16. The van der Waals surface area contributed by atoms with Gasteiger partial charge in [0, 0.05) is 22.2 Å². The topological polar surface area (TPSA) is 134 Å². The molecule has 0 saturated carbocycles. The molecule has 2 rings (SSSR count). The number of nitro benzene ring substituents is 1. The highest BCUT2D eigenvalue weighted by Gasteiger charge is 2.19. The molecule has 0 spiro atoms. The Morgan fingerprint density at radius 2 is 1.89 bits per heavy atom. The van der Waals surface area contributed by atoms with E-state index in [0.29, 0.717) is 0 Å². The molecule has 28 heavy (non-hydrogen) atoms. The number of carboxylic acids is 1. The Hall–Kier alpha value is -2.95. The van der Waals surface area contributed by atoms with Gasteiger partial charge in [0.15, 0.2) is 10.9 Å². The van der Waals surface area contributed by atoms with Gasteiger partial charge in [-0.25, -0.2) is 0 Å². The highest BCUT2D eigenvalue weighted by molar-refractivity contribution is 7.80. The van der Waals surface area contributed by atoms with Crippen LogP contribution in [-0.4, -0.2) is 29.0 Å². The third-order valence-corrected chi connectivity index (χ3v) is 4.10. The van der Waals surface area contributed by atoms with Gasteiger partial charge in [-0.15, -0.1) is 0 Å². The van der Waals surface area contributed by atoms with Crippen molar-refractivity contribution in [2.24, 2.45) is 0 Å². The van der Waals surface area contributed by atoms with E-state index in [1.165, 1.54) is 25.3 Å². The maximum absolute atomic E-state index is 12.3. The number of hydrogen-bond acceptors (Lipinski definition) is 7. The van der Waals surface area contributed by atoms with Gasteiger partial charge in [-0.3, -0.25) is 20.2 Å². The highest BCUT2D eigenvalue weighted by Crippen LogP contribution is 2.30. The van der Waals surface area contributed by atoms with Crippen LogP contribution in [0.4, 0.5) is 11.4 Å². The molecule has 2 aromatic rings. The van der Waals surface area contributed by atoms with Gasteiger partial charge < -0.3 is 20.0 Å². The molecule has 2 N–H and O–H groups in total. The average molecular weight is 443 g/mol. The molecule has 0 atom stereocenters. The predicted molar refractivity (Wildman–Crippen MR) is 104 cm³/mol. The minimum Gasteiger partial charge on any atom is -0.545 e. The highest BCUT2D eigenvalue weighted by atomic mass is 35.5. The van der Waals surface area contributed by atoms with Crippen LogP contribution in [0.3, 0.4) is 0 Å². The molecule has 9 nitrogen and oxygen atoms in total. The van der Waals surface area contributed by atoms with E-state index in [1.54, 1.807) is 0 Å². The van der Waals surface area contributed by atoms with Crippen LogP contribution in [0.25, 0.3) is 0 Å². The van der Waals surface area contributed by atoms with Crippen LogP contribution < -0.4 is 20.5 Å². The molecule has 0 bridgehead atoms. The summed E-state index contributed by atoms with van der Waals surface area (Å²) in [6.45, 7) is 0. The number of carbonyl (C=O) groups excluding carboxylic acids is 2. The van der Waals surface area contributed by atoms with Crippen molar-refractivity contribution in [3.63, 3.8) is 0 Å². The number of carboxylic acid groups (broad SMARTS) is 1. The lowest BCUT2D eigenvalue weighted by Gasteiger charge is -2.16. The molecule has 0 aliphatic carbocycles. The maximum atomic E-state index is 12.3. The Balaban J connectivity index is 2.23. The average Bonchev–Trinajstić information content (AvgIpc) is 2.62. The van der Waals surface area contributed by atoms with E-state index in [1.807, 2.05) is 0 Å². The quantitative estimate of drug-likeness (QED) is 0.409. The molecule has 0 aliphatic rings. The number of carbonyl (C=O) groups is 2. The number of nitrogens with one attached hydrogen (secondary N) is 2. The summed E-state index contributed by atoms with van der Waals surface area (Å²) in [6.07, 6.45) is 0. The standard InChI is InChI=1S/C16H11Cl2N3O6S/c1-27-12-3-2-7(4-11(12)21(25)26)14(22)20-16(28)19-13-9(15(23)24)5-8(17)6-10(13)18/h2-6H,1H3,(H,23,24)(H2,19,20,22,28)/p-1. The molecule has 1 amide bonds. The number of benzene rings is 2. The molecular formula is C16H10Cl2N3O6S-. The van der Waals surface area contributed by atoms with Crippen LogP contribution in [0.1, 0.15) is 20.7 Å². The number of methoxy groups -OCH3 is 1. The van der Waals surface area contributed by atoms with Crippen molar-refractivity contribution in [1.29, 1.82) is 0 Å². The van der Waals surface area contributed by atoms with Crippen molar-refractivity contribution in [3.8, 4) is 5.75 Å². The second-order valence-corrected chi connectivity index (χ2v) is 6.40. The van der Waals surface area contributed by atoms with Crippen molar-refractivity contribution in [2.75, 3.05) is 12.4 Å². The Morgan fingerprint density at radius 3 is 2.46 bits per heavy atom. The van der Waals surface area contributed by atoms with Gasteiger partial charge in [-0.2, -0.15) is 0 Å². The monoisotopic (exact) mass is 442 g/mol. The van der Waals surface area contributed by atoms with Gasteiger partial charge in [-0.1, -0.05) is 23.2 Å². The van der Waals surface area contributed by atoms with Gasteiger partial charge in [0.25, 0.3) is 5.91 Å². The predicted octanol–water partition coefficient (Wildman–Crippen LogP) is 2.40. The summed E-state index contributed by atoms with van der Waals surface area (Å²) < 4.78 is 4.86. The number of nitrogens with zero attached hydrogens (tertiary/aromatic N) is 1. The molecule has 12 heteroatoms. The van der Waals surface area contributed by atoms with E-state index in [2.05, 4.69) is 10.6 Å². The van der Waals surface area contributed by atoms with Crippen molar-refractivity contribution in [1.82, 2.24) is 5.32 Å². The fraction of sp³-hybridized carbons (Fsp3) is 0.0625. The molecule has 0 saturated heterocycles. The molecule has 0 fully saturated rings. The number of amides is 1. The third-order valence-electron chi connectivity index (χ3n) is 3.38. The molecule has 146 valence electrons. The van der Waals surface area contributed by atoms with E-state index < -0.39 is 22.5 Å². The molecule has 0 aromatic heterocycles. The van der Waals surface area contributed by atoms with Crippen molar-refractivity contribution in [3.05, 3.63) is 61.6 Å². The molecule has 2 aromatic carbocycles. The van der Waals surface area contributed by atoms with Crippen LogP contribution in [0.5, 0.6) is 5.75 Å². The summed E-state index contributed by atoms with van der Waals surface area (Å²) in [5.41, 5.74) is -0.973. The Kier molecular flexibility index (Phi) is 6.73. The van der Waals surface area contributed by atoms with Gasteiger partial charge in [-0.05, 0) is 36.5 Å². The zero-order valence-corrected chi connectivity index (χ0v) is 16.3. The number of thiocarbonyl (C=S) groups is 1. The van der Waals surface area contributed by atoms with Crippen molar-refractivity contribution < 1.29 is 24.4 Å². The van der Waals surface area contributed by atoms with Crippen LogP contribution in [0, 0.1) is 10.1 Å². The summed E-state index contributed by atoms with van der Waals surface area (Å²) in [6, 6.07) is 5.94. The third kappa shape index (κ3) is 4.85. The molecule has 0 aliphatic heterocycles. The summed E-state index contributed by atoms with van der Waals surface area (Å²) in [5, 5.41) is 26.7. The first-order valence-electron chi connectivity index (χ1n) is 7.29. The second kappa shape index (κ2) is 8.83. The summed E-state index contributed by atoms with van der Waals surface area (Å²) in [4.78, 5) is 33.9. The fourth-order valence-corrected chi connectivity index (χ4v) is 2.89. The van der Waals surface area contributed by atoms with Gasteiger partial charge in [0.1, 0.15) is 0 Å². The molecule has 0 radical (unpaired) electrons. The summed E-state index contributed by atoms with van der Waals surface area (Å²) in [7, 11) is 1.26. The van der Waals surface area contributed by atoms with Crippen LogP contribution in [0.2, 0.25) is 10.0 Å². The Bertz CT molecular complexity index is 999. The molecule has 0 unspecified atom stereocenters. The van der Waals surface area contributed by atoms with Crippen LogP contribution in [0.15, 0.2) is 30.3 Å². The van der Waals surface area contributed by atoms with Crippen LogP contribution >= 0.6 is 35.4 Å². The number of ether oxygens (including phenoxy) is 1. The van der Waals surface area contributed by atoms with Gasteiger partial charge >= 0.3 is 5.69 Å². The lowest BCUT2D eigenvalue weighted by atomic mass is 10.1. The minimum absolute atomic E-state index is 0.0196. The first kappa shape index (κ1) is 21.4. The Labute approximate surface area is 173 Å². The summed E-state index contributed by atoms with van der Waals surface area (Å²) in [5.74, 6) is -2.36. The zero-order valence-electron chi connectivity index (χ0n) is 13.9. The normalized spacial score (nSPS) is 10.1. The Morgan fingerprint density at radius 1 is 1.21 bits per heavy atom. The van der Waals surface area contributed by atoms with Gasteiger partial charge in [0.05, 0.1) is 28.7 Å². The maximum Gasteiger partial charge on any atom is 0.311 e. The van der Waals surface area contributed by atoms with E-state index >= 15 is 0 Å². The van der Waals surface area contributed by atoms with Gasteiger partial charge in [0.2, 0.25) is 0 Å². The van der Waals surface area contributed by atoms with E-state index in [4.69, 9.17) is 40.2 Å².